The third-order valence-corrected chi connectivity index (χ3v) is 9.16. The predicted molar refractivity (Wildman–Crippen MR) is 170 cm³/mol. The van der Waals surface area contributed by atoms with E-state index in [1.165, 1.54) is 54.8 Å². The third-order valence-electron chi connectivity index (χ3n) is 9.16. The Bertz CT molecular complexity index is 2330. The fraction of sp³-hybridized carbons (Fsp3) is 0.0789. The van der Waals surface area contributed by atoms with Crippen LogP contribution in [0, 0.1) is 0 Å². The summed E-state index contributed by atoms with van der Waals surface area (Å²) in [6.07, 6.45) is 1.92. The first kappa shape index (κ1) is 22.6. The molecule has 0 amide bonds. The van der Waals surface area contributed by atoms with Gasteiger partial charge in [0.15, 0.2) is 0 Å². The summed E-state index contributed by atoms with van der Waals surface area (Å²) >= 11 is 0. The van der Waals surface area contributed by atoms with Crippen molar-refractivity contribution in [2.24, 2.45) is 0 Å². The highest BCUT2D eigenvalue weighted by molar-refractivity contribution is 6.18. The van der Waals surface area contributed by atoms with Gasteiger partial charge in [-0.05, 0) is 87.6 Å². The number of aromatic nitrogens is 3. The lowest BCUT2D eigenvalue weighted by molar-refractivity contribution is 0.661. The Morgan fingerprint density at radius 3 is 2.20 bits per heavy atom. The second kappa shape index (κ2) is 7.96. The van der Waals surface area contributed by atoms with E-state index in [-0.39, 0.29) is 5.41 Å². The molecule has 0 saturated carbocycles. The molecule has 0 aliphatic heterocycles. The Morgan fingerprint density at radius 2 is 1.34 bits per heavy atom. The summed E-state index contributed by atoms with van der Waals surface area (Å²) in [5, 5.41) is 5.20. The van der Waals surface area contributed by atoms with E-state index in [1.54, 1.807) is 0 Å². The standard InChI is InChI=1S/C38H27N3/c1-38(2)30-17-19-34-37(36(30)29-20-24-10-6-7-11-25(24)21-31(29)38)28-14-8-9-15-33(28)41(34)27-16-18-32-35(22-27)40(23-39-32)26-12-4-3-5-13-26/h3-23H,1-2H3. The molecule has 9 rings (SSSR count). The first-order valence-corrected chi connectivity index (χ1v) is 14.2. The van der Waals surface area contributed by atoms with Gasteiger partial charge in [-0.1, -0.05) is 80.6 Å². The molecule has 194 valence electrons. The Kier molecular flexibility index (Phi) is 4.39. The van der Waals surface area contributed by atoms with E-state index in [1.807, 2.05) is 12.4 Å². The third kappa shape index (κ3) is 3.01. The van der Waals surface area contributed by atoms with Gasteiger partial charge in [0.2, 0.25) is 0 Å². The highest BCUT2D eigenvalue weighted by atomic mass is 15.1. The lowest BCUT2D eigenvalue weighted by Crippen LogP contribution is -2.14. The average Bonchev–Trinajstić information content (AvgIpc) is 3.65. The van der Waals surface area contributed by atoms with Crippen molar-refractivity contribution in [2.45, 2.75) is 19.3 Å². The first-order valence-electron chi connectivity index (χ1n) is 14.2. The molecule has 0 fully saturated rings. The summed E-state index contributed by atoms with van der Waals surface area (Å²) < 4.78 is 4.60. The number of benzene rings is 6. The van der Waals surface area contributed by atoms with Crippen molar-refractivity contribution in [3.63, 3.8) is 0 Å². The molecule has 1 aliphatic rings. The molecule has 2 heterocycles. The second-order valence-corrected chi connectivity index (χ2v) is 11.7. The normalized spacial score (nSPS) is 13.8. The lowest BCUT2D eigenvalue weighted by Gasteiger charge is -2.22. The molecular weight excluding hydrogens is 498 g/mol. The van der Waals surface area contributed by atoms with Crippen molar-refractivity contribution >= 4 is 43.6 Å². The summed E-state index contributed by atoms with van der Waals surface area (Å²) in [5.74, 6) is 0. The predicted octanol–water partition coefficient (Wildman–Crippen LogP) is 9.58. The number of hydrogen-bond donors (Lipinski definition) is 0. The maximum absolute atomic E-state index is 4.71. The minimum Gasteiger partial charge on any atom is -0.309 e. The number of rotatable bonds is 2. The molecule has 3 heteroatoms. The van der Waals surface area contributed by atoms with Crippen LogP contribution in [0.4, 0.5) is 0 Å². The maximum Gasteiger partial charge on any atom is 0.100 e. The molecule has 0 spiro atoms. The number of para-hydroxylation sites is 2. The van der Waals surface area contributed by atoms with Crippen LogP contribution in [0.5, 0.6) is 0 Å². The van der Waals surface area contributed by atoms with E-state index in [9.17, 15) is 0 Å². The largest absolute Gasteiger partial charge is 0.309 e. The van der Waals surface area contributed by atoms with Crippen molar-refractivity contribution in [1.82, 2.24) is 14.1 Å². The van der Waals surface area contributed by atoms with Crippen LogP contribution in [0.2, 0.25) is 0 Å². The van der Waals surface area contributed by atoms with Crippen LogP contribution in [0.25, 0.3) is 66.1 Å². The van der Waals surface area contributed by atoms with E-state index in [4.69, 9.17) is 4.98 Å². The van der Waals surface area contributed by atoms with Gasteiger partial charge in [0.1, 0.15) is 6.33 Å². The van der Waals surface area contributed by atoms with E-state index in [0.29, 0.717) is 0 Å². The van der Waals surface area contributed by atoms with Crippen LogP contribution in [0.1, 0.15) is 25.0 Å². The number of hydrogen-bond acceptors (Lipinski definition) is 1. The first-order chi connectivity index (χ1) is 20.1. The molecule has 0 atom stereocenters. The number of fused-ring (bicyclic) bond motifs is 9. The van der Waals surface area contributed by atoms with Gasteiger partial charge in [-0.2, -0.15) is 0 Å². The lowest BCUT2D eigenvalue weighted by atomic mass is 9.81. The fourth-order valence-corrected chi connectivity index (χ4v) is 7.18. The monoisotopic (exact) mass is 525 g/mol. The van der Waals surface area contributed by atoms with E-state index < -0.39 is 0 Å². The van der Waals surface area contributed by atoms with Crippen molar-refractivity contribution < 1.29 is 0 Å². The summed E-state index contributed by atoms with van der Waals surface area (Å²) in [7, 11) is 0. The van der Waals surface area contributed by atoms with Gasteiger partial charge < -0.3 is 4.57 Å². The zero-order valence-electron chi connectivity index (χ0n) is 23.0. The van der Waals surface area contributed by atoms with Crippen LogP contribution in [-0.2, 0) is 5.41 Å². The molecule has 3 nitrogen and oxygen atoms in total. The topological polar surface area (TPSA) is 22.8 Å². The van der Waals surface area contributed by atoms with Crippen LogP contribution in [0.3, 0.4) is 0 Å². The molecule has 2 aromatic heterocycles. The molecule has 0 saturated heterocycles. The Morgan fingerprint density at radius 1 is 0.585 bits per heavy atom. The van der Waals surface area contributed by atoms with Gasteiger partial charge in [-0.15, -0.1) is 0 Å². The SMILES string of the molecule is CC1(C)c2cc3ccccc3cc2-c2c1ccc1c2c2ccccc2n1-c1ccc2ncn(-c3ccccc3)c2c1. The highest BCUT2D eigenvalue weighted by Gasteiger charge is 2.37. The van der Waals surface area contributed by atoms with Gasteiger partial charge >= 0.3 is 0 Å². The molecule has 41 heavy (non-hydrogen) atoms. The quantitative estimate of drug-likeness (QED) is 0.220. The van der Waals surface area contributed by atoms with Crippen molar-refractivity contribution in [3.05, 3.63) is 139 Å². The summed E-state index contributed by atoms with van der Waals surface area (Å²) in [4.78, 5) is 4.71. The smallest absolute Gasteiger partial charge is 0.100 e. The van der Waals surface area contributed by atoms with Gasteiger partial charge in [-0.25, -0.2) is 4.98 Å². The van der Waals surface area contributed by atoms with Gasteiger partial charge in [0.05, 0.1) is 22.1 Å². The summed E-state index contributed by atoms with van der Waals surface area (Å²) in [6.45, 7) is 4.74. The maximum atomic E-state index is 4.71. The molecule has 0 N–H and O–H groups in total. The molecule has 6 aromatic carbocycles. The van der Waals surface area contributed by atoms with E-state index >= 15 is 0 Å². The molecule has 8 aromatic rings. The molecule has 1 aliphatic carbocycles. The van der Waals surface area contributed by atoms with Gasteiger partial charge in [0, 0.05) is 27.6 Å². The number of nitrogens with zero attached hydrogens (tertiary/aromatic N) is 3. The molecule has 0 bridgehead atoms. The number of imidazole rings is 1. The van der Waals surface area contributed by atoms with Crippen LogP contribution >= 0.6 is 0 Å². The van der Waals surface area contributed by atoms with Crippen LogP contribution in [0.15, 0.2) is 128 Å². The van der Waals surface area contributed by atoms with E-state index in [2.05, 4.69) is 138 Å². The zero-order valence-corrected chi connectivity index (χ0v) is 23.0. The Balaban J connectivity index is 1.37. The minimum absolute atomic E-state index is 0.0762. The Labute approximate surface area is 237 Å². The highest BCUT2D eigenvalue weighted by Crippen LogP contribution is 2.54. The van der Waals surface area contributed by atoms with Crippen molar-refractivity contribution in [2.75, 3.05) is 0 Å². The van der Waals surface area contributed by atoms with Crippen LogP contribution in [-0.4, -0.2) is 14.1 Å². The second-order valence-electron chi connectivity index (χ2n) is 11.7. The summed E-state index contributed by atoms with van der Waals surface area (Å²) in [5.41, 5.74) is 12.2. The van der Waals surface area contributed by atoms with Crippen LogP contribution < -0.4 is 0 Å². The molecular formula is C38H27N3. The Hall–Kier alpha value is -5.15. The van der Waals surface area contributed by atoms with E-state index in [0.717, 1.165) is 22.4 Å². The molecule has 0 unspecified atom stereocenters. The summed E-state index contributed by atoms with van der Waals surface area (Å²) in [6, 6.07) is 44.2. The van der Waals surface area contributed by atoms with Crippen molar-refractivity contribution in [1.29, 1.82) is 0 Å². The minimum atomic E-state index is -0.0762. The van der Waals surface area contributed by atoms with Crippen molar-refractivity contribution in [3.8, 4) is 22.5 Å². The molecule has 0 radical (unpaired) electrons. The zero-order chi connectivity index (χ0) is 27.3. The fourth-order valence-electron chi connectivity index (χ4n) is 7.18. The van der Waals surface area contributed by atoms with Gasteiger partial charge in [-0.3, -0.25) is 4.57 Å². The van der Waals surface area contributed by atoms with Gasteiger partial charge in [0.25, 0.3) is 0 Å². The average molecular weight is 526 g/mol.